The summed E-state index contributed by atoms with van der Waals surface area (Å²) in [6.07, 6.45) is 1.06. The van der Waals surface area contributed by atoms with Crippen LogP contribution < -0.4 is 25.3 Å². The molecule has 0 saturated carbocycles. The summed E-state index contributed by atoms with van der Waals surface area (Å²) in [6.45, 7) is 1.73. The van der Waals surface area contributed by atoms with Gasteiger partial charge in [-0.05, 0) is 36.2 Å². The number of benzene rings is 2. The smallest absolute Gasteiger partial charge is 0.344 e. The third-order valence-corrected chi connectivity index (χ3v) is 5.87. The van der Waals surface area contributed by atoms with E-state index in [1.807, 2.05) is 0 Å². The number of halogens is 1. The van der Waals surface area contributed by atoms with Gasteiger partial charge >= 0.3 is 5.63 Å². The lowest BCUT2D eigenvalue weighted by Crippen LogP contribution is -2.43. The van der Waals surface area contributed by atoms with Crippen LogP contribution in [0, 0.1) is 5.82 Å². The number of rotatable bonds is 4. The van der Waals surface area contributed by atoms with E-state index in [2.05, 4.69) is 10.2 Å². The molecule has 2 fully saturated rings. The Morgan fingerprint density at radius 1 is 1.14 bits per heavy atom. The highest BCUT2D eigenvalue weighted by Gasteiger charge is 2.37. The van der Waals surface area contributed by atoms with Crippen LogP contribution in [0.15, 0.2) is 45.6 Å². The van der Waals surface area contributed by atoms with Gasteiger partial charge in [-0.3, -0.25) is 0 Å². The van der Waals surface area contributed by atoms with Gasteiger partial charge in [0.15, 0.2) is 11.5 Å². The molecule has 0 amide bonds. The molecule has 0 radical (unpaired) electrons. The number of nitrogens with one attached hydrogen (secondary N) is 1. The van der Waals surface area contributed by atoms with Crippen LogP contribution in [-0.2, 0) is 0 Å². The molecule has 2 bridgehead atoms. The number of anilines is 1. The first-order valence-corrected chi connectivity index (χ1v) is 9.57. The summed E-state index contributed by atoms with van der Waals surface area (Å²) in [5, 5.41) is 3.71. The van der Waals surface area contributed by atoms with Gasteiger partial charge in [-0.25, -0.2) is 9.18 Å². The number of nitrogens with zero attached hydrogens (tertiary/aromatic N) is 1. The fourth-order valence-electron chi connectivity index (χ4n) is 4.41. The van der Waals surface area contributed by atoms with E-state index in [4.69, 9.17) is 13.9 Å². The van der Waals surface area contributed by atoms with Crippen LogP contribution in [0.3, 0.4) is 0 Å². The fraction of sp³-hybridized carbons (Fsp3) is 0.318. The van der Waals surface area contributed by atoms with Gasteiger partial charge in [-0.15, -0.1) is 0 Å². The maximum atomic E-state index is 15.0. The second-order valence-corrected chi connectivity index (χ2v) is 7.50. The second-order valence-electron chi connectivity index (χ2n) is 7.50. The summed E-state index contributed by atoms with van der Waals surface area (Å²) >= 11 is 0. The van der Waals surface area contributed by atoms with Crippen molar-refractivity contribution in [2.45, 2.75) is 18.5 Å². The van der Waals surface area contributed by atoms with Crippen molar-refractivity contribution in [3.05, 3.63) is 52.6 Å². The maximum Gasteiger partial charge on any atom is 0.344 e. The minimum atomic E-state index is -0.522. The molecule has 3 heterocycles. The summed E-state index contributed by atoms with van der Waals surface area (Å²) in [6, 6.07) is 10.7. The van der Waals surface area contributed by atoms with Crippen molar-refractivity contribution in [1.29, 1.82) is 0 Å². The van der Waals surface area contributed by atoms with Crippen LogP contribution in [0.4, 0.5) is 10.1 Å². The molecule has 2 saturated heterocycles. The van der Waals surface area contributed by atoms with Crippen molar-refractivity contribution in [3.63, 3.8) is 0 Å². The summed E-state index contributed by atoms with van der Waals surface area (Å²) in [5.74, 6) is 0.628. The third kappa shape index (κ3) is 2.93. The highest BCUT2D eigenvalue weighted by atomic mass is 19.1. The molecule has 2 aromatic carbocycles. The first kappa shape index (κ1) is 18.0. The average molecular weight is 396 g/mol. The van der Waals surface area contributed by atoms with Crippen LogP contribution >= 0.6 is 0 Å². The largest absolute Gasteiger partial charge is 0.493 e. The standard InChI is InChI=1S/C22H21FN2O4/c1-27-19-4-3-12(5-21(19)28-2)16-9-17-18(23)7-14(8-20(17)29-22(16)26)25-11-13-6-15(25)10-24-13/h3-5,7-9,13,15,24H,6,10-11H2,1-2H3/t13-,15-/m0/s1. The molecule has 0 aliphatic carbocycles. The van der Waals surface area contributed by atoms with Gasteiger partial charge in [0, 0.05) is 36.9 Å². The minimum absolute atomic E-state index is 0.255. The molecule has 2 aliphatic heterocycles. The molecule has 2 atom stereocenters. The van der Waals surface area contributed by atoms with Crippen LogP contribution in [0.2, 0.25) is 0 Å². The number of methoxy groups -OCH3 is 2. The Bertz CT molecular complexity index is 1160. The molecular weight excluding hydrogens is 375 g/mol. The molecule has 5 rings (SSSR count). The van der Waals surface area contributed by atoms with E-state index in [0.29, 0.717) is 29.1 Å². The van der Waals surface area contributed by atoms with Crippen LogP contribution in [0.1, 0.15) is 6.42 Å². The number of fused-ring (bicyclic) bond motifs is 3. The van der Waals surface area contributed by atoms with E-state index < -0.39 is 11.4 Å². The molecule has 7 heteroatoms. The third-order valence-electron chi connectivity index (χ3n) is 5.87. The lowest BCUT2D eigenvalue weighted by molar-refractivity contribution is 0.355. The molecule has 0 unspecified atom stereocenters. The molecule has 29 heavy (non-hydrogen) atoms. The van der Waals surface area contributed by atoms with Crippen LogP contribution in [-0.4, -0.2) is 39.4 Å². The van der Waals surface area contributed by atoms with Gasteiger partial charge in [-0.2, -0.15) is 0 Å². The Hall–Kier alpha value is -3.06. The predicted octanol–water partition coefficient (Wildman–Crippen LogP) is 3.17. The van der Waals surface area contributed by atoms with E-state index in [1.54, 1.807) is 30.3 Å². The first-order valence-electron chi connectivity index (χ1n) is 9.57. The highest BCUT2D eigenvalue weighted by molar-refractivity contribution is 5.85. The molecule has 150 valence electrons. The molecule has 6 nitrogen and oxygen atoms in total. The Kier molecular flexibility index (Phi) is 4.20. The zero-order valence-electron chi connectivity index (χ0n) is 16.2. The second kappa shape index (κ2) is 6.77. The van der Waals surface area contributed by atoms with Gasteiger partial charge in [0.05, 0.1) is 25.2 Å². The van der Waals surface area contributed by atoms with Gasteiger partial charge in [0.1, 0.15) is 11.4 Å². The molecular formula is C22H21FN2O4. The van der Waals surface area contributed by atoms with E-state index in [1.165, 1.54) is 20.3 Å². The summed E-state index contributed by atoms with van der Waals surface area (Å²) in [7, 11) is 3.06. The Morgan fingerprint density at radius 3 is 2.66 bits per heavy atom. The fourth-order valence-corrected chi connectivity index (χ4v) is 4.41. The van der Waals surface area contributed by atoms with Crippen molar-refractivity contribution < 1.29 is 18.3 Å². The number of hydrogen-bond acceptors (Lipinski definition) is 6. The van der Waals surface area contributed by atoms with Gasteiger partial charge in [0.25, 0.3) is 0 Å². The van der Waals surface area contributed by atoms with Crippen LogP contribution in [0.5, 0.6) is 11.5 Å². The number of ether oxygens (including phenoxy) is 2. The summed E-state index contributed by atoms with van der Waals surface area (Å²) < 4.78 is 31.1. The van der Waals surface area contributed by atoms with E-state index >= 15 is 0 Å². The van der Waals surface area contributed by atoms with Crippen molar-refractivity contribution in [3.8, 4) is 22.6 Å². The number of hydrogen-bond donors (Lipinski definition) is 1. The minimum Gasteiger partial charge on any atom is -0.493 e. The lowest BCUT2D eigenvalue weighted by atomic mass is 10.0. The average Bonchev–Trinajstić information content (AvgIpc) is 3.36. The topological polar surface area (TPSA) is 63.9 Å². The molecule has 3 aromatic rings. The van der Waals surface area contributed by atoms with Crippen molar-refractivity contribution in [2.75, 3.05) is 32.2 Å². The summed E-state index contributed by atoms with van der Waals surface area (Å²) in [5.41, 5.74) is 1.33. The van der Waals surface area contributed by atoms with E-state index in [-0.39, 0.29) is 16.5 Å². The van der Waals surface area contributed by atoms with Crippen molar-refractivity contribution in [1.82, 2.24) is 5.32 Å². The Balaban J connectivity index is 1.59. The molecule has 0 spiro atoms. The molecule has 1 N–H and O–H groups in total. The summed E-state index contributed by atoms with van der Waals surface area (Å²) in [4.78, 5) is 14.9. The molecule has 1 aromatic heterocycles. The first-order chi connectivity index (χ1) is 14.1. The zero-order valence-corrected chi connectivity index (χ0v) is 16.2. The quantitative estimate of drug-likeness (QED) is 0.684. The molecule has 2 aliphatic rings. The van der Waals surface area contributed by atoms with E-state index in [9.17, 15) is 9.18 Å². The Labute approximate surface area is 166 Å². The van der Waals surface area contributed by atoms with Crippen LogP contribution in [0.25, 0.3) is 22.1 Å². The highest BCUT2D eigenvalue weighted by Crippen LogP contribution is 2.35. The SMILES string of the molecule is COc1ccc(-c2cc3c(F)cc(N4C[C@@H]5C[C@H]4CN5)cc3oc2=O)cc1OC. The van der Waals surface area contributed by atoms with E-state index in [0.717, 1.165) is 25.2 Å². The lowest BCUT2D eigenvalue weighted by Gasteiger charge is -2.29. The van der Waals surface area contributed by atoms with Gasteiger partial charge < -0.3 is 24.1 Å². The monoisotopic (exact) mass is 396 g/mol. The van der Waals surface area contributed by atoms with Crippen molar-refractivity contribution >= 4 is 16.7 Å². The zero-order chi connectivity index (χ0) is 20.1. The van der Waals surface area contributed by atoms with Gasteiger partial charge in [0.2, 0.25) is 0 Å². The van der Waals surface area contributed by atoms with Gasteiger partial charge in [-0.1, -0.05) is 6.07 Å². The number of piperazine rings is 1. The normalized spacial score (nSPS) is 20.4. The van der Waals surface area contributed by atoms with Crippen molar-refractivity contribution in [2.24, 2.45) is 0 Å². The Morgan fingerprint density at radius 2 is 1.97 bits per heavy atom. The maximum absolute atomic E-state index is 15.0. The predicted molar refractivity (Wildman–Crippen MR) is 109 cm³/mol.